The van der Waals surface area contributed by atoms with Crippen LogP contribution in [0.3, 0.4) is 0 Å². The number of hydrogen-bond donors (Lipinski definition) is 2. The van der Waals surface area contributed by atoms with E-state index in [1.54, 1.807) is 6.20 Å². The first-order valence-electron chi connectivity index (χ1n) is 5.26. The molecule has 0 spiro atoms. The molecule has 0 aliphatic rings. The largest absolute Gasteiger partial charge is 0.370 e. The molecule has 3 N–H and O–H groups in total. The molecule has 0 fully saturated rings. The normalized spacial score (nSPS) is 10.7. The van der Waals surface area contributed by atoms with E-state index in [1.807, 2.05) is 18.2 Å². The van der Waals surface area contributed by atoms with Crippen LogP contribution < -0.4 is 11.1 Å². The van der Waals surface area contributed by atoms with Crippen molar-refractivity contribution in [1.29, 1.82) is 0 Å². The number of halogens is 1. The minimum absolute atomic E-state index is 0. The third-order valence-electron chi connectivity index (χ3n) is 1.92. The molecular formula is C11H19IN4. The average Bonchev–Trinajstić information content (AvgIpc) is 2.28. The van der Waals surface area contributed by atoms with Crippen molar-refractivity contribution < 1.29 is 0 Å². The lowest BCUT2D eigenvalue weighted by atomic mass is 10.3. The molecule has 90 valence electrons. The van der Waals surface area contributed by atoms with Gasteiger partial charge in [-0.3, -0.25) is 9.98 Å². The number of guanidine groups is 1. The van der Waals surface area contributed by atoms with Crippen LogP contribution in [0.5, 0.6) is 0 Å². The highest BCUT2D eigenvalue weighted by Crippen LogP contribution is 1.92. The van der Waals surface area contributed by atoms with Crippen LogP contribution >= 0.6 is 24.0 Å². The molecule has 1 rings (SSSR count). The van der Waals surface area contributed by atoms with Crippen LogP contribution in [0.4, 0.5) is 0 Å². The summed E-state index contributed by atoms with van der Waals surface area (Å²) in [7, 11) is 0. The van der Waals surface area contributed by atoms with Gasteiger partial charge in [0, 0.05) is 31.4 Å². The smallest absolute Gasteiger partial charge is 0.188 e. The predicted molar refractivity (Wildman–Crippen MR) is 78.1 cm³/mol. The van der Waals surface area contributed by atoms with E-state index in [0.717, 1.165) is 31.6 Å². The number of rotatable bonds is 5. The Kier molecular flexibility index (Phi) is 8.88. The maximum Gasteiger partial charge on any atom is 0.188 e. The van der Waals surface area contributed by atoms with E-state index < -0.39 is 0 Å². The van der Waals surface area contributed by atoms with Gasteiger partial charge in [0.05, 0.1) is 0 Å². The summed E-state index contributed by atoms with van der Waals surface area (Å²) in [4.78, 5) is 8.35. The van der Waals surface area contributed by atoms with Crippen molar-refractivity contribution in [1.82, 2.24) is 10.3 Å². The zero-order chi connectivity index (χ0) is 10.9. The van der Waals surface area contributed by atoms with Crippen LogP contribution in [-0.2, 0) is 6.42 Å². The molecule has 0 unspecified atom stereocenters. The minimum Gasteiger partial charge on any atom is -0.370 e. The van der Waals surface area contributed by atoms with Crippen LogP contribution in [0.2, 0.25) is 0 Å². The number of aliphatic imine (C=N–C) groups is 1. The summed E-state index contributed by atoms with van der Waals surface area (Å²) in [5, 5.41) is 3.05. The Balaban J connectivity index is 0.00000225. The van der Waals surface area contributed by atoms with Gasteiger partial charge in [0.15, 0.2) is 5.96 Å². The van der Waals surface area contributed by atoms with Crippen LogP contribution in [0.25, 0.3) is 0 Å². The summed E-state index contributed by atoms with van der Waals surface area (Å²) in [6.45, 7) is 3.63. The van der Waals surface area contributed by atoms with Crippen molar-refractivity contribution in [2.45, 2.75) is 19.8 Å². The molecule has 1 heterocycles. The second kappa shape index (κ2) is 9.38. The molecule has 1 aromatic rings. The summed E-state index contributed by atoms with van der Waals surface area (Å²) in [5.41, 5.74) is 6.71. The highest BCUT2D eigenvalue weighted by molar-refractivity contribution is 14.0. The van der Waals surface area contributed by atoms with Gasteiger partial charge in [0.25, 0.3) is 0 Å². The number of nitrogens with two attached hydrogens (primary N) is 1. The quantitative estimate of drug-likeness (QED) is 0.488. The number of nitrogens with one attached hydrogen (secondary N) is 1. The van der Waals surface area contributed by atoms with Crippen LogP contribution in [-0.4, -0.2) is 24.0 Å². The van der Waals surface area contributed by atoms with Crippen molar-refractivity contribution in [3.05, 3.63) is 30.1 Å². The van der Waals surface area contributed by atoms with Gasteiger partial charge in [-0.1, -0.05) is 13.0 Å². The standard InChI is InChI=1S/C11H18N4.HI/c1-2-7-14-11(12)15-9-6-10-5-3-4-8-13-10;/h3-5,8H,2,6-7,9H2,1H3,(H3,12,14,15);1H. The lowest BCUT2D eigenvalue weighted by Crippen LogP contribution is -2.33. The van der Waals surface area contributed by atoms with Crippen LogP contribution in [0, 0.1) is 0 Å². The number of aromatic nitrogens is 1. The maximum atomic E-state index is 5.64. The van der Waals surface area contributed by atoms with Gasteiger partial charge in [0.1, 0.15) is 0 Å². The van der Waals surface area contributed by atoms with Crippen molar-refractivity contribution in [2.24, 2.45) is 10.7 Å². The maximum absolute atomic E-state index is 5.64. The molecule has 0 saturated heterocycles. The molecule has 0 saturated carbocycles. The molecule has 5 heteroatoms. The summed E-state index contributed by atoms with van der Waals surface area (Å²) in [6.07, 6.45) is 3.68. The molecule has 0 aliphatic heterocycles. The fourth-order valence-corrected chi connectivity index (χ4v) is 1.15. The Morgan fingerprint density at radius 2 is 2.31 bits per heavy atom. The zero-order valence-corrected chi connectivity index (χ0v) is 11.8. The number of nitrogens with zero attached hydrogens (tertiary/aromatic N) is 2. The molecule has 0 amide bonds. The number of pyridine rings is 1. The molecule has 16 heavy (non-hydrogen) atoms. The molecule has 1 aromatic heterocycles. The van der Waals surface area contributed by atoms with Gasteiger partial charge in [0.2, 0.25) is 0 Å². The first-order valence-corrected chi connectivity index (χ1v) is 5.26. The Morgan fingerprint density at radius 3 is 2.94 bits per heavy atom. The van der Waals surface area contributed by atoms with Gasteiger partial charge in [-0.2, -0.15) is 0 Å². The van der Waals surface area contributed by atoms with Gasteiger partial charge in [-0.05, 0) is 18.6 Å². The van der Waals surface area contributed by atoms with Gasteiger partial charge in [-0.15, -0.1) is 24.0 Å². The first-order chi connectivity index (χ1) is 7.33. The summed E-state index contributed by atoms with van der Waals surface area (Å²) < 4.78 is 0. The zero-order valence-electron chi connectivity index (χ0n) is 9.52. The van der Waals surface area contributed by atoms with E-state index in [1.165, 1.54) is 0 Å². The van der Waals surface area contributed by atoms with Crippen molar-refractivity contribution in [3.63, 3.8) is 0 Å². The molecule has 0 atom stereocenters. The Labute approximate surface area is 114 Å². The van der Waals surface area contributed by atoms with E-state index in [-0.39, 0.29) is 24.0 Å². The van der Waals surface area contributed by atoms with Gasteiger partial charge < -0.3 is 11.1 Å². The third kappa shape index (κ3) is 6.60. The van der Waals surface area contributed by atoms with Crippen molar-refractivity contribution >= 4 is 29.9 Å². The van der Waals surface area contributed by atoms with E-state index >= 15 is 0 Å². The average molecular weight is 334 g/mol. The Hall–Kier alpha value is -0.850. The molecule has 4 nitrogen and oxygen atoms in total. The monoisotopic (exact) mass is 334 g/mol. The van der Waals surface area contributed by atoms with E-state index in [2.05, 4.69) is 22.2 Å². The van der Waals surface area contributed by atoms with E-state index in [0.29, 0.717) is 5.96 Å². The third-order valence-corrected chi connectivity index (χ3v) is 1.92. The highest BCUT2D eigenvalue weighted by atomic mass is 127. The van der Waals surface area contributed by atoms with E-state index in [9.17, 15) is 0 Å². The predicted octanol–water partition coefficient (Wildman–Crippen LogP) is 1.56. The van der Waals surface area contributed by atoms with Crippen LogP contribution in [0.15, 0.2) is 29.4 Å². The first kappa shape index (κ1) is 15.2. The molecule has 0 aromatic carbocycles. The lowest BCUT2D eigenvalue weighted by molar-refractivity contribution is 0.822. The molecule has 0 radical (unpaired) electrons. The van der Waals surface area contributed by atoms with Crippen LogP contribution in [0.1, 0.15) is 19.0 Å². The number of hydrogen-bond acceptors (Lipinski definition) is 2. The van der Waals surface area contributed by atoms with E-state index in [4.69, 9.17) is 5.73 Å². The summed E-state index contributed by atoms with van der Waals surface area (Å²) in [5.74, 6) is 0.521. The molecular weight excluding hydrogens is 315 g/mol. The second-order valence-corrected chi connectivity index (χ2v) is 3.26. The Bertz CT molecular complexity index is 300. The van der Waals surface area contributed by atoms with Crippen molar-refractivity contribution in [2.75, 3.05) is 13.1 Å². The van der Waals surface area contributed by atoms with Gasteiger partial charge >= 0.3 is 0 Å². The molecule has 0 aliphatic carbocycles. The highest BCUT2D eigenvalue weighted by Gasteiger charge is 1.93. The minimum atomic E-state index is 0. The Morgan fingerprint density at radius 1 is 1.50 bits per heavy atom. The SMILES string of the molecule is CCCN=C(N)NCCc1ccccn1.I. The fourth-order valence-electron chi connectivity index (χ4n) is 1.15. The fraction of sp³-hybridized carbons (Fsp3) is 0.455. The second-order valence-electron chi connectivity index (χ2n) is 3.26. The topological polar surface area (TPSA) is 63.3 Å². The summed E-state index contributed by atoms with van der Waals surface area (Å²) >= 11 is 0. The summed E-state index contributed by atoms with van der Waals surface area (Å²) in [6, 6.07) is 5.89. The van der Waals surface area contributed by atoms with Crippen molar-refractivity contribution in [3.8, 4) is 0 Å². The lowest BCUT2D eigenvalue weighted by Gasteiger charge is -2.04. The van der Waals surface area contributed by atoms with Gasteiger partial charge in [-0.25, -0.2) is 0 Å². The molecule has 0 bridgehead atoms.